The van der Waals surface area contributed by atoms with Crippen molar-refractivity contribution in [3.05, 3.63) is 38.8 Å². The highest BCUT2D eigenvalue weighted by Gasteiger charge is 2.13. The lowest BCUT2D eigenvalue weighted by molar-refractivity contribution is -0.121. The normalized spacial score (nSPS) is 11.5. The molecule has 0 atom stereocenters. The maximum Gasteiger partial charge on any atom is 0.262 e. The third kappa shape index (κ3) is 4.46. The van der Waals surface area contributed by atoms with Gasteiger partial charge in [0.1, 0.15) is 4.83 Å². The van der Waals surface area contributed by atoms with Crippen LogP contribution in [0.25, 0.3) is 10.2 Å². The quantitative estimate of drug-likeness (QED) is 0.580. The van der Waals surface area contributed by atoms with E-state index in [-0.39, 0.29) is 23.8 Å². The van der Waals surface area contributed by atoms with Crippen LogP contribution in [0.4, 0.5) is 0 Å². The molecule has 28 heavy (non-hydrogen) atoms. The summed E-state index contributed by atoms with van der Waals surface area (Å²) < 4.78 is 6.69. The van der Waals surface area contributed by atoms with E-state index in [9.17, 15) is 9.59 Å². The first-order valence-electron chi connectivity index (χ1n) is 9.41. The zero-order chi connectivity index (χ0) is 20.3. The Labute approximate surface area is 167 Å². The number of amides is 1. The fraction of sp³-hybridized carbons (Fsp3) is 0.526. The summed E-state index contributed by atoms with van der Waals surface area (Å²) in [7, 11) is 0. The van der Waals surface area contributed by atoms with Gasteiger partial charge in [-0.1, -0.05) is 19.0 Å². The molecule has 0 radical (unpaired) electrons. The molecule has 0 aliphatic rings. The molecule has 3 aromatic rings. The molecular weight excluding hydrogens is 378 g/mol. The molecule has 1 N–H and O–H groups in total. The minimum Gasteiger partial charge on any atom is -0.356 e. The Morgan fingerprint density at radius 2 is 2.14 bits per heavy atom. The second-order valence-electron chi connectivity index (χ2n) is 7.11. The zero-order valence-electron chi connectivity index (χ0n) is 16.6. The molecule has 0 aliphatic heterocycles. The van der Waals surface area contributed by atoms with E-state index < -0.39 is 0 Å². The molecule has 1 amide bonds. The number of hydrogen-bond acceptors (Lipinski definition) is 7. The molecule has 0 spiro atoms. The van der Waals surface area contributed by atoms with Gasteiger partial charge in [0.05, 0.1) is 11.7 Å². The number of nitrogens with zero attached hydrogens (tertiary/aromatic N) is 4. The van der Waals surface area contributed by atoms with Gasteiger partial charge in [0.15, 0.2) is 5.82 Å². The van der Waals surface area contributed by atoms with Gasteiger partial charge in [0.2, 0.25) is 11.8 Å². The molecule has 0 unspecified atom stereocenters. The van der Waals surface area contributed by atoms with E-state index in [2.05, 4.69) is 20.4 Å². The largest absolute Gasteiger partial charge is 0.356 e. The van der Waals surface area contributed by atoms with E-state index in [0.29, 0.717) is 43.0 Å². The minimum atomic E-state index is -0.0985. The molecule has 0 saturated carbocycles. The number of rotatable bonds is 8. The molecule has 9 heteroatoms. The summed E-state index contributed by atoms with van der Waals surface area (Å²) in [6, 6.07) is 0. The summed E-state index contributed by atoms with van der Waals surface area (Å²) in [4.78, 5) is 35.2. The summed E-state index contributed by atoms with van der Waals surface area (Å²) in [6.45, 7) is 8.76. The van der Waals surface area contributed by atoms with Crippen molar-refractivity contribution in [3.8, 4) is 0 Å². The first-order valence-corrected chi connectivity index (χ1v) is 10.2. The Bertz CT molecular complexity index is 1030. The molecule has 0 fully saturated rings. The molecular formula is C19H25N5O3S. The molecule has 0 saturated heterocycles. The third-order valence-corrected chi connectivity index (χ3v) is 5.74. The van der Waals surface area contributed by atoms with Gasteiger partial charge >= 0.3 is 0 Å². The summed E-state index contributed by atoms with van der Waals surface area (Å²) in [5.74, 6) is 1.42. The SMILES string of the molecule is Cc1sc2ncn(CCC(=O)NCCCc3nc(C(C)C)no3)c(=O)c2c1C. The first kappa shape index (κ1) is 20.2. The zero-order valence-corrected chi connectivity index (χ0v) is 17.4. The van der Waals surface area contributed by atoms with Crippen molar-refractivity contribution >= 4 is 27.5 Å². The van der Waals surface area contributed by atoms with Crippen molar-refractivity contribution in [2.24, 2.45) is 0 Å². The third-order valence-electron chi connectivity index (χ3n) is 4.63. The number of thiophene rings is 1. The van der Waals surface area contributed by atoms with Crippen molar-refractivity contribution in [3.63, 3.8) is 0 Å². The monoisotopic (exact) mass is 403 g/mol. The predicted molar refractivity (Wildman–Crippen MR) is 108 cm³/mol. The average Bonchev–Trinajstić information content (AvgIpc) is 3.24. The molecule has 8 nitrogen and oxygen atoms in total. The Kier molecular flexibility index (Phi) is 6.23. The lowest BCUT2D eigenvalue weighted by atomic mass is 10.2. The summed E-state index contributed by atoms with van der Waals surface area (Å²) in [6.07, 6.45) is 3.09. The number of carbonyl (C=O) groups excluding carboxylic acids is 1. The van der Waals surface area contributed by atoms with Gasteiger partial charge in [-0.15, -0.1) is 11.3 Å². The average molecular weight is 404 g/mol. The van der Waals surface area contributed by atoms with Gasteiger partial charge < -0.3 is 9.84 Å². The lowest BCUT2D eigenvalue weighted by Gasteiger charge is -2.06. The van der Waals surface area contributed by atoms with E-state index in [4.69, 9.17) is 4.52 Å². The van der Waals surface area contributed by atoms with Gasteiger partial charge in [-0.2, -0.15) is 4.98 Å². The van der Waals surface area contributed by atoms with Crippen LogP contribution in [0.3, 0.4) is 0 Å². The topological polar surface area (TPSA) is 103 Å². The Morgan fingerprint density at radius 3 is 2.86 bits per heavy atom. The molecule has 0 aromatic carbocycles. The van der Waals surface area contributed by atoms with Crippen LogP contribution in [0.1, 0.15) is 54.8 Å². The van der Waals surface area contributed by atoms with Crippen LogP contribution in [0.5, 0.6) is 0 Å². The fourth-order valence-corrected chi connectivity index (χ4v) is 3.80. The van der Waals surface area contributed by atoms with Crippen LogP contribution in [0.15, 0.2) is 15.6 Å². The van der Waals surface area contributed by atoms with Crippen molar-refractivity contribution in [1.82, 2.24) is 25.0 Å². The summed E-state index contributed by atoms with van der Waals surface area (Å²) >= 11 is 1.52. The molecule has 150 valence electrons. The summed E-state index contributed by atoms with van der Waals surface area (Å²) in [5.41, 5.74) is 0.884. The number of carbonyl (C=O) groups is 1. The van der Waals surface area contributed by atoms with E-state index in [1.165, 1.54) is 22.2 Å². The maximum atomic E-state index is 12.6. The second-order valence-corrected chi connectivity index (χ2v) is 8.31. The molecule has 0 bridgehead atoms. The van der Waals surface area contributed by atoms with Crippen molar-refractivity contribution < 1.29 is 9.32 Å². The van der Waals surface area contributed by atoms with E-state index in [1.807, 2.05) is 27.7 Å². The highest BCUT2D eigenvalue weighted by molar-refractivity contribution is 7.18. The Balaban J connectivity index is 1.46. The number of nitrogens with one attached hydrogen (secondary N) is 1. The van der Waals surface area contributed by atoms with E-state index in [1.54, 1.807) is 0 Å². The minimum absolute atomic E-state index is 0.0861. The van der Waals surface area contributed by atoms with Crippen LogP contribution >= 0.6 is 11.3 Å². The number of aryl methyl sites for hydroxylation is 4. The van der Waals surface area contributed by atoms with Gasteiger partial charge in [0, 0.05) is 36.7 Å². The highest BCUT2D eigenvalue weighted by atomic mass is 32.1. The van der Waals surface area contributed by atoms with Crippen molar-refractivity contribution in [2.75, 3.05) is 6.54 Å². The van der Waals surface area contributed by atoms with Gasteiger partial charge in [0.25, 0.3) is 5.56 Å². The predicted octanol–water partition coefficient (Wildman–Crippen LogP) is 2.72. The second kappa shape index (κ2) is 8.64. The molecule has 3 heterocycles. The van der Waals surface area contributed by atoms with Gasteiger partial charge in [-0.3, -0.25) is 14.2 Å². The number of hydrogen-bond donors (Lipinski definition) is 1. The van der Waals surface area contributed by atoms with E-state index >= 15 is 0 Å². The Morgan fingerprint density at radius 1 is 1.36 bits per heavy atom. The van der Waals surface area contributed by atoms with Gasteiger partial charge in [-0.05, 0) is 25.8 Å². The Hall–Kier alpha value is -2.55. The van der Waals surface area contributed by atoms with Crippen LogP contribution in [0, 0.1) is 13.8 Å². The fourth-order valence-electron chi connectivity index (χ4n) is 2.81. The van der Waals surface area contributed by atoms with Crippen LogP contribution in [0.2, 0.25) is 0 Å². The van der Waals surface area contributed by atoms with E-state index in [0.717, 1.165) is 15.3 Å². The summed E-state index contributed by atoms with van der Waals surface area (Å²) in [5, 5.41) is 7.44. The lowest BCUT2D eigenvalue weighted by Crippen LogP contribution is -2.28. The van der Waals surface area contributed by atoms with Gasteiger partial charge in [-0.25, -0.2) is 4.98 Å². The van der Waals surface area contributed by atoms with Crippen molar-refractivity contribution in [1.29, 1.82) is 0 Å². The maximum absolute atomic E-state index is 12.6. The van der Waals surface area contributed by atoms with Crippen molar-refractivity contribution in [2.45, 2.75) is 59.4 Å². The van der Waals surface area contributed by atoms with Crippen LogP contribution < -0.4 is 10.9 Å². The molecule has 0 aliphatic carbocycles. The standard InChI is InChI=1S/C19H25N5O3S/c1-11(2)17-22-15(27-23-17)6-5-8-20-14(25)7-9-24-10-21-18-16(19(24)26)12(3)13(4)28-18/h10-11H,5-9H2,1-4H3,(H,20,25). The molecule has 3 aromatic heterocycles. The number of fused-ring (bicyclic) bond motifs is 1. The molecule has 3 rings (SSSR count). The number of aromatic nitrogens is 4. The van der Waals surface area contributed by atoms with Crippen LogP contribution in [-0.4, -0.2) is 32.1 Å². The highest BCUT2D eigenvalue weighted by Crippen LogP contribution is 2.25. The first-order chi connectivity index (χ1) is 13.4. The van der Waals surface area contributed by atoms with Crippen LogP contribution in [-0.2, 0) is 17.8 Å². The smallest absolute Gasteiger partial charge is 0.262 e.